The number of alkyl halides is 3. The fourth-order valence-corrected chi connectivity index (χ4v) is 3.91. The molecule has 31 heavy (non-hydrogen) atoms. The van der Waals surface area contributed by atoms with Gasteiger partial charge < -0.3 is 5.32 Å². The van der Waals surface area contributed by atoms with Gasteiger partial charge in [0.15, 0.2) is 4.34 Å². The second kappa shape index (κ2) is 10.2. The van der Waals surface area contributed by atoms with Crippen molar-refractivity contribution in [3.63, 3.8) is 0 Å². The van der Waals surface area contributed by atoms with Gasteiger partial charge in [0.05, 0.1) is 17.0 Å². The van der Waals surface area contributed by atoms with Crippen LogP contribution in [0.4, 0.5) is 24.0 Å². The zero-order valence-corrected chi connectivity index (χ0v) is 17.4. The number of carbonyl (C=O) groups excluding carboxylic acids is 2. The molecule has 0 fully saturated rings. The lowest BCUT2D eigenvalue weighted by Gasteiger charge is -2.13. The number of hydrogen-bond donors (Lipinski definition) is 2. The number of thioether (sulfide) groups is 1. The Morgan fingerprint density at radius 2 is 1.71 bits per heavy atom. The topological polar surface area (TPSA) is 84.0 Å². The molecule has 6 nitrogen and oxygen atoms in total. The van der Waals surface area contributed by atoms with Crippen LogP contribution in [0, 0.1) is 0 Å². The summed E-state index contributed by atoms with van der Waals surface area (Å²) in [4.78, 5) is 24.0. The van der Waals surface area contributed by atoms with E-state index in [9.17, 15) is 22.8 Å². The molecular formula is C20H15F3N4O2S2. The summed E-state index contributed by atoms with van der Waals surface area (Å²) in [5.41, 5.74) is -0.363. The normalized spacial score (nSPS) is 11.5. The molecule has 0 unspecified atom stereocenters. The average molecular weight is 464 g/mol. The quantitative estimate of drug-likeness (QED) is 0.294. The summed E-state index contributed by atoms with van der Waals surface area (Å²) in [6, 6.07) is 14.0. The number of nitrogens with one attached hydrogen (secondary N) is 2. The van der Waals surface area contributed by atoms with Crippen molar-refractivity contribution in [1.82, 2.24) is 10.2 Å². The zero-order chi connectivity index (χ0) is 22.3. The van der Waals surface area contributed by atoms with E-state index in [4.69, 9.17) is 0 Å². The van der Waals surface area contributed by atoms with Gasteiger partial charge in [0.25, 0.3) is 0 Å². The van der Waals surface area contributed by atoms with E-state index in [1.54, 1.807) is 6.08 Å². The number of para-hydroxylation sites is 1. The maximum absolute atomic E-state index is 13.0. The van der Waals surface area contributed by atoms with E-state index in [0.29, 0.717) is 4.34 Å². The first kappa shape index (κ1) is 22.5. The lowest BCUT2D eigenvalue weighted by atomic mass is 10.1. The van der Waals surface area contributed by atoms with E-state index in [-0.39, 0.29) is 16.6 Å². The van der Waals surface area contributed by atoms with E-state index in [2.05, 4.69) is 20.8 Å². The molecule has 11 heteroatoms. The summed E-state index contributed by atoms with van der Waals surface area (Å²) in [6.07, 6.45) is -1.57. The Morgan fingerprint density at radius 1 is 1.00 bits per heavy atom. The molecule has 0 atom stereocenters. The standard InChI is InChI=1S/C20H15F3N4O2S2/c21-20(22,23)14-8-4-5-9-15(14)24-17(29)12-30-19-27-26-18(31-19)25-16(28)11-10-13-6-2-1-3-7-13/h1-11H,12H2,(H,24,29)(H,25,26,28). The van der Waals surface area contributed by atoms with Crippen molar-refractivity contribution in [3.05, 3.63) is 71.8 Å². The highest BCUT2D eigenvalue weighted by atomic mass is 32.2. The molecule has 2 N–H and O–H groups in total. The average Bonchev–Trinajstić information content (AvgIpc) is 3.18. The third-order valence-electron chi connectivity index (χ3n) is 3.70. The van der Waals surface area contributed by atoms with Crippen molar-refractivity contribution < 1.29 is 22.8 Å². The number of amides is 2. The molecule has 0 aliphatic carbocycles. The van der Waals surface area contributed by atoms with Crippen molar-refractivity contribution in [2.24, 2.45) is 0 Å². The van der Waals surface area contributed by atoms with Crippen LogP contribution in [0.1, 0.15) is 11.1 Å². The number of aromatic nitrogens is 2. The van der Waals surface area contributed by atoms with Gasteiger partial charge in [-0.15, -0.1) is 10.2 Å². The van der Waals surface area contributed by atoms with Crippen LogP contribution in [0.25, 0.3) is 6.08 Å². The second-order valence-electron chi connectivity index (χ2n) is 5.99. The van der Waals surface area contributed by atoms with Gasteiger partial charge in [-0.2, -0.15) is 13.2 Å². The highest BCUT2D eigenvalue weighted by Gasteiger charge is 2.33. The van der Waals surface area contributed by atoms with Crippen molar-refractivity contribution >= 4 is 51.8 Å². The Bertz CT molecular complexity index is 1090. The number of benzene rings is 2. The molecule has 2 aromatic carbocycles. The van der Waals surface area contributed by atoms with Crippen LogP contribution in [-0.2, 0) is 15.8 Å². The highest BCUT2D eigenvalue weighted by Crippen LogP contribution is 2.34. The fraction of sp³-hybridized carbons (Fsp3) is 0.100. The van der Waals surface area contributed by atoms with E-state index in [1.807, 2.05) is 30.3 Å². The fourth-order valence-electron chi connectivity index (χ4n) is 2.35. The number of nitrogens with zero attached hydrogens (tertiary/aromatic N) is 2. The monoisotopic (exact) mass is 464 g/mol. The molecule has 3 rings (SSSR count). The first-order valence-corrected chi connectivity index (χ1v) is 10.6. The first-order chi connectivity index (χ1) is 14.8. The van der Waals surface area contributed by atoms with Crippen LogP contribution in [0.3, 0.4) is 0 Å². The maximum Gasteiger partial charge on any atom is 0.418 e. The highest BCUT2D eigenvalue weighted by molar-refractivity contribution is 8.01. The van der Waals surface area contributed by atoms with E-state index in [0.717, 1.165) is 34.7 Å². The summed E-state index contributed by atoms with van der Waals surface area (Å²) >= 11 is 2.06. The van der Waals surface area contributed by atoms with E-state index >= 15 is 0 Å². The number of anilines is 2. The molecular weight excluding hydrogens is 449 g/mol. The Morgan fingerprint density at radius 3 is 2.45 bits per heavy atom. The Hall–Kier alpha value is -3.18. The minimum atomic E-state index is -4.57. The largest absolute Gasteiger partial charge is 0.418 e. The summed E-state index contributed by atoms with van der Waals surface area (Å²) < 4.78 is 39.4. The molecule has 0 spiro atoms. The van der Waals surface area contributed by atoms with E-state index < -0.39 is 23.6 Å². The van der Waals surface area contributed by atoms with Gasteiger partial charge in [-0.1, -0.05) is 65.6 Å². The molecule has 0 aliphatic rings. The van der Waals surface area contributed by atoms with Gasteiger partial charge in [-0.3, -0.25) is 14.9 Å². The lowest BCUT2D eigenvalue weighted by Crippen LogP contribution is -2.18. The van der Waals surface area contributed by atoms with Gasteiger partial charge in [0, 0.05) is 6.08 Å². The smallest absolute Gasteiger partial charge is 0.325 e. The third kappa shape index (κ3) is 6.93. The van der Waals surface area contributed by atoms with Gasteiger partial charge >= 0.3 is 6.18 Å². The van der Waals surface area contributed by atoms with Crippen LogP contribution < -0.4 is 10.6 Å². The van der Waals surface area contributed by atoms with Gasteiger partial charge in [-0.25, -0.2) is 0 Å². The minimum absolute atomic E-state index is 0.164. The van der Waals surface area contributed by atoms with Crippen LogP contribution >= 0.6 is 23.1 Å². The summed E-state index contributed by atoms with van der Waals surface area (Å²) in [6.45, 7) is 0. The van der Waals surface area contributed by atoms with Crippen molar-refractivity contribution in [3.8, 4) is 0 Å². The van der Waals surface area contributed by atoms with Gasteiger partial charge in [0.1, 0.15) is 0 Å². The molecule has 160 valence electrons. The number of rotatable bonds is 7. The lowest BCUT2D eigenvalue weighted by molar-refractivity contribution is -0.137. The van der Waals surface area contributed by atoms with Crippen LogP contribution in [0.5, 0.6) is 0 Å². The minimum Gasteiger partial charge on any atom is -0.325 e. The predicted molar refractivity (Wildman–Crippen MR) is 115 cm³/mol. The SMILES string of the molecule is O=C(C=Cc1ccccc1)Nc1nnc(SCC(=O)Nc2ccccc2C(F)(F)F)s1. The summed E-state index contributed by atoms with van der Waals surface area (Å²) in [5.74, 6) is -1.17. The maximum atomic E-state index is 13.0. The molecule has 0 saturated heterocycles. The molecule has 2 amide bonds. The Labute approximate surface area is 183 Å². The van der Waals surface area contributed by atoms with Crippen molar-refractivity contribution in [2.45, 2.75) is 10.5 Å². The van der Waals surface area contributed by atoms with Crippen LogP contribution in [-0.4, -0.2) is 27.8 Å². The predicted octanol–water partition coefficient (Wildman–Crippen LogP) is 4.94. The molecule has 0 bridgehead atoms. The Balaban J connectivity index is 1.51. The summed E-state index contributed by atoms with van der Waals surface area (Å²) in [5, 5.41) is 12.7. The molecule has 1 heterocycles. The second-order valence-corrected chi connectivity index (χ2v) is 8.19. The number of hydrogen-bond acceptors (Lipinski definition) is 6. The van der Waals surface area contributed by atoms with Crippen molar-refractivity contribution in [1.29, 1.82) is 0 Å². The van der Waals surface area contributed by atoms with Crippen LogP contribution in [0.15, 0.2) is 65.0 Å². The van der Waals surface area contributed by atoms with Gasteiger partial charge in [0.2, 0.25) is 16.9 Å². The first-order valence-electron chi connectivity index (χ1n) is 8.78. The molecule has 0 saturated carbocycles. The summed E-state index contributed by atoms with van der Waals surface area (Å²) in [7, 11) is 0. The molecule has 1 aromatic heterocycles. The van der Waals surface area contributed by atoms with Crippen molar-refractivity contribution in [2.75, 3.05) is 16.4 Å². The number of carbonyl (C=O) groups is 2. The molecule has 0 aliphatic heterocycles. The zero-order valence-electron chi connectivity index (χ0n) is 15.7. The van der Waals surface area contributed by atoms with Crippen LogP contribution in [0.2, 0.25) is 0 Å². The van der Waals surface area contributed by atoms with Gasteiger partial charge in [-0.05, 0) is 23.8 Å². The van der Waals surface area contributed by atoms with E-state index in [1.165, 1.54) is 24.3 Å². The molecule has 0 radical (unpaired) electrons. The Kier molecular flexibility index (Phi) is 7.42. The molecule has 3 aromatic rings. The third-order valence-corrected chi connectivity index (χ3v) is 5.67. The number of halogens is 3.